The molecule has 2 aromatic carbocycles. The van der Waals surface area contributed by atoms with Gasteiger partial charge in [0.2, 0.25) is 10.0 Å². The van der Waals surface area contributed by atoms with Gasteiger partial charge in [-0.25, -0.2) is 8.42 Å². The third kappa shape index (κ3) is 6.45. The lowest BCUT2D eigenvalue weighted by molar-refractivity contribution is 0.0506. The van der Waals surface area contributed by atoms with Crippen molar-refractivity contribution in [2.24, 2.45) is 0 Å². The number of nitrogens with one attached hydrogen (secondary N) is 1. The van der Waals surface area contributed by atoms with Crippen molar-refractivity contribution in [2.45, 2.75) is 38.8 Å². The van der Waals surface area contributed by atoms with E-state index in [4.69, 9.17) is 9.47 Å². The zero-order chi connectivity index (χ0) is 22.3. The van der Waals surface area contributed by atoms with E-state index in [0.29, 0.717) is 43.1 Å². The van der Waals surface area contributed by atoms with Crippen LogP contribution in [0, 0.1) is 0 Å². The van der Waals surface area contributed by atoms with Gasteiger partial charge in [-0.1, -0.05) is 31.2 Å². The molecule has 8 heteroatoms. The number of anilines is 1. The summed E-state index contributed by atoms with van der Waals surface area (Å²) in [4.78, 5) is 15.2. The predicted molar refractivity (Wildman–Crippen MR) is 121 cm³/mol. The Balaban J connectivity index is 1.84. The second kappa shape index (κ2) is 10.6. The summed E-state index contributed by atoms with van der Waals surface area (Å²) in [7, 11) is -1.83. The van der Waals surface area contributed by atoms with Gasteiger partial charge in [0, 0.05) is 36.5 Å². The quantitative estimate of drug-likeness (QED) is 0.602. The van der Waals surface area contributed by atoms with Gasteiger partial charge in [-0.2, -0.15) is 0 Å². The van der Waals surface area contributed by atoms with Gasteiger partial charge in [0.25, 0.3) is 5.91 Å². The lowest BCUT2D eigenvalue weighted by Crippen LogP contribution is -2.37. The molecular formula is C23H30N2O5S. The Morgan fingerprint density at radius 1 is 1.23 bits per heavy atom. The first-order valence-corrected chi connectivity index (χ1v) is 12.2. The van der Waals surface area contributed by atoms with Crippen molar-refractivity contribution in [1.29, 1.82) is 0 Å². The number of ether oxygens (including phenoxy) is 2. The van der Waals surface area contributed by atoms with Crippen LogP contribution in [0.15, 0.2) is 48.5 Å². The molecule has 0 radical (unpaired) electrons. The average Bonchev–Trinajstić information content (AvgIpc) is 3.26. The fraction of sp³-hybridized carbons (Fsp3) is 0.435. The minimum atomic E-state index is -3.44. The fourth-order valence-electron chi connectivity index (χ4n) is 3.69. The Morgan fingerprint density at radius 2 is 2.03 bits per heavy atom. The maximum absolute atomic E-state index is 13.4. The number of carbonyl (C=O) groups is 1. The Hall–Kier alpha value is -2.58. The molecule has 3 rings (SSSR count). The highest BCUT2D eigenvalue weighted by Crippen LogP contribution is 2.23. The van der Waals surface area contributed by atoms with Crippen LogP contribution in [0.4, 0.5) is 5.69 Å². The van der Waals surface area contributed by atoms with Crippen LogP contribution in [0.3, 0.4) is 0 Å². The van der Waals surface area contributed by atoms with E-state index >= 15 is 0 Å². The second-order valence-electron chi connectivity index (χ2n) is 7.63. The molecule has 1 atom stereocenters. The van der Waals surface area contributed by atoms with Crippen LogP contribution in [-0.4, -0.2) is 51.3 Å². The summed E-state index contributed by atoms with van der Waals surface area (Å²) in [6.07, 6.45) is 2.40. The van der Waals surface area contributed by atoms with E-state index in [1.165, 1.54) is 0 Å². The van der Waals surface area contributed by atoms with Crippen molar-refractivity contribution < 1.29 is 22.7 Å². The third-order valence-corrected chi connectivity index (χ3v) is 6.64. The molecule has 0 aliphatic carbocycles. The van der Waals surface area contributed by atoms with E-state index in [0.717, 1.165) is 18.4 Å². The number of amides is 1. The number of hydrogen-bond donors (Lipinski definition) is 1. The molecule has 0 aromatic heterocycles. The summed E-state index contributed by atoms with van der Waals surface area (Å²) in [5.74, 6) is 0.566. The first-order chi connectivity index (χ1) is 14.9. The SMILES string of the molecule is CCCS(=O)(=O)Nc1cccc(C(=O)N(Cc2ccccc2OC)CC2CCCO2)c1. The third-order valence-electron chi connectivity index (χ3n) is 5.14. The summed E-state index contributed by atoms with van der Waals surface area (Å²) in [6, 6.07) is 14.2. The summed E-state index contributed by atoms with van der Waals surface area (Å²) in [6.45, 7) is 3.34. The molecule has 1 N–H and O–H groups in total. The Morgan fingerprint density at radius 3 is 2.74 bits per heavy atom. The van der Waals surface area contributed by atoms with E-state index in [2.05, 4.69) is 4.72 Å². The molecule has 1 saturated heterocycles. The van der Waals surface area contributed by atoms with Crippen molar-refractivity contribution >= 4 is 21.6 Å². The van der Waals surface area contributed by atoms with Crippen LogP contribution in [0.5, 0.6) is 5.75 Å². The largest absolute Gasteiger partial charge is 0.496 e. The number of sulfonamides is 1. The average molecular weight is 447 g/mol. The number of nitrogens with zero attached hydrogens (tertiary/aromatic N) is 1. The first kappa shape index (κ1) is 23.1. The highest BCUT2D eigenvalue weighted by atomic mass is 32.2. The number of hydrogen-bond acceptors (Lipinski definition) is 5. The van der Waals surface area contributed by atoms with Gasteiger partial charge in [-0.05, 0) is 43.5 Å². The van der Waals surface area contributed by atoms with Crippen LogP contribution in [-0.2, 0) is 21.3 Å². The summed E-state index contributed by atoms with van der Waals surface area (Å²) >= 11 is 0. The molecule has 0 bridgehead atoms. The van der Waals surface area contributed by atoms with Crippen LogP contribution in [0.25, 0.3) is 0 Å². The summed E-state index contributed by atoms with van der Waals surface area (Å²) in [5.41, 5.74) is 1.70. The van der Waals surface area contributed by atoms with Gasteiger partial charge >= 0.3 is 0 Å². The number of para-hydroxylation sites is 1. The van der Waals surface area contributed by atoms with Crippen LogP contribution >= 0.6 is 0 Å². The lowest BCUT2D eigenvalue weighted by Gasteiger charge is -2.26. The molecule has 1 aliphatic rings. The Bertz CT molecular complexity index is 987. The van der Waals surface area contributed by atoms with Gasteiger partial charge in [0.1, 0.15) is 5.75 Å². The zero-order valence-corrected chi connectivity index (χ0v) is 18.9. The minimum Gasteiger partial charge on any atom is -0.496 e. The standard InChI is InChI=1S/C23H30N2O5S/c1-3-14-31(27,28)24-20-10-6-9-18(15-20)23(26)25(17-21-11-7-13-30-21)16-19-8-4-5-12-22(19)29-2/h4-6,8-10,12,15,21,24H,3,7,11,13-14,16-17H2,1-2H3. The van der Waals surface area contributed by atoms with E-state index in [1.54, 1.807) is 43.2 Å². The summed E-state index contributed by atoms with van der Waals surface area (Å²) < 4.78 is 38.0. The topological polar surface area (TPSA) is 84.9 Å². The van der Waals surface area contributed by atoms with Crippen molar-refractivity contribution in [2.75, 3.05) is 30.7 Å². The normalized spacial score (nSPS) is 16.1. The van der Waals surface area contributed by atoms with Crippen molar-refractivity contribution in [1.82, 2.24) is 4.90 Å². The van der Waals surface area contributed by atoms with E-state index in [-0.39, 0.29) is 17.8 Å². The minimum absolute atomic E-state index is 0.00935. The van der Waals surface area contributed by atoms with Gasteiger partial charge in [-0.15, -0.1) is 0 Å². The Labute approximate surface area is 184 Å². The summed E-state index contributed by atoms with van der Waals surface area (Å²) in [5, 5.41) is 0. The molecule has 7 nitrogen and oxygen atoms in total. The highest BCUT2D eigenvalue weighted by Gasteiger charge is 2.25. The van der Waals surface area contributed by atoms with Crippen molar-refractivity contribution in [3.63, 3.8) is 0 Å². The smallest absolute Gasteiger partial charge is 0.254 e. The molecule has 31 heavy (non-hydrogen) atoms. The lowest BCUT2D eigenvalue weighted by atomic mass is 10.1. The molecular weight excluding hydrogens is 416 g/mol. The molecule has 168 valence electrons. The van der Waals surface area contributed by atoms with E-state index in [1.807, 2.05) is 24.3 Å². The van der Waals surface area contributed by atoms with Gasteiger partial charge in [-0.3, -0.25) is 9.52 Å². The Kier molecular flexibility index (Phi) is 7.92. The molecule has 1 amide bonds. The molecule has 1 fully saturated rings. The van der Waals surface area contributed by atoms with E-state index < -0.39 is 10.0 Å². The highest BCUT2D eigenvalue weighted by molar-refractivity contribution is 7.92. The van der Waals surface area contributed by atoms with Crippen molar-refractivity contribution in [3.8, 4) is 5.75 Å². The van der Waals surface area contributed by atoms with Crippen molar-refractivity contribution in [3.05, 3.63) is 59.7 Å². The zero-order valence-electron chi connectivity index (χ0n) is 18.0. The molecule has 2 aromatic rings. The van der Waals surface area contributed by atoms with Gasteiger partial charge in [0.15, 0.2) is 0 Å². The number of benzene rings is 2. The number of carbonyl (C=O) groups excluding carboxylic acids is 1. The van der Waals surface area contributed by atoms with Crippen LogP contribution in [0.2, 0.25) is 0 Å². The van der Waals surface area contributed by atoms with Gasteiger partial charge in [0.05, 0.1) is 19.0 Å². The molecule has 0 spiro atoms. The molecule has 1 heterocycles. The predicted octanol–water partition coefficient (Wildman–Crippen LogP) is 3.67. The maximum atomic E-state index is 13.4. The molecule has 1 aliphatic heterocycles. The molecule has 0 saturated carbocycles. The number of rotatable bonds is 10. The number of methoxy groups -OCH3 is 1. The van der Waals surface area contributed by atoms with E-state index in [9.17, 15) is 13.2 Å². The first-order valence-electron chi connectivity index (χ1n) is 10.5. The van der Waals surface area contributed by atoms with Gasteiger partial charge < -0.3 is 14.4 Å². The molecule has 1 unspecified atom stereocenters. The maximum Gasteiger partial charge on any atom is 0.254 e. The van der Waals surface area contributed by atoms with Crippen LogP contribution < -0.4 is 9.46 Å². The second-order valence-corrected chi connectivity index (χ2v) is 9.48. The fourth-order valence-corrected chi connectivity index (χ4v) is 4.82. The monoisotopic (exact) mass is 446 g/mol. The van der Waals surface area contributed by atoms with Crippen LogP contribution in [0.1, 0.15) is 42.1 Å².